The van der Waals surface area contributed by atoms with E-state index in [1.807, 2.05) is 6.07 Å². The van der Waals surface area contributed by atoms with E-state index in [9.17, 15) is 13.2 Å². The van der Waals surface area contributed by atoms with Crippen molar-refractivity contribution in [1.82, 2.24) is 5.32 Å². The van der Waals surface area contributed by atoms with Crippen molar-refractivity contribution in [3.8, 4) is 11.5 Å². The minimum absolute atomic E-state index is 0.0606. The monoisotopic (exact) mass is 364 g/mol. The Balaban J connectivity index is 1.77. The molecule has 2 aromatic carbocycles. The minimum Gasteiger partial charge on any atom is -0.493 e. The van der Waals surface area contributed by atoms with Crippen LogP contribution in [0.2, 0.25) is 0 Å². The summed E-state index contributed by atoms with van der Waals surface area (Å²) in [6.45, 7) is 0.285. The zero-order valence-corrected chi connectivity index (χ0v) is 14.6. The normalized spacial score (nSPS) is 11.0. The van der Waals surface area contributed by atoms with Crippen molar-refractivity contribution in [3.05, 3.63) is 54.1 Å². The summed E-state index contributed by atoms with van der Waals surface area (Å²) in [5, 5.41) is 7.78. The maximum atomic E-state index is 11.8. The first-order valence-electron chi connectivity index (χ1n) is 7.54. The molecule has 0 aliphatic heterocycles. The van der Waals surface area contributed by atoms with Gasteiger partial charge in [-0.1, -0.05) is 24.3 Å². The van der Waals surface area contributed by atoms with Crippen LogP contribution in [0.25, 0.3) is 0 Å². The summed E-state index contributed by atoms with van der Waals surface area (Å²) in [6, 6.07) is 13.3. The van der Waals surface area contributed by atoms with Crippen LogP contribution in [0.3, 0.4) is 0 Å². The molecular weight excluding hydrogens is 344 g/mol. The van der Waals surface area contributed by atoms with Gasteiger partial charge < -0.3 is 14.8 Å². The Morgan fingerprint density at radius 2 is 1.72 bits per heavy atom. The zero-order valence-electron chi connectivity index (χ0n) is 13.8. The number of amides is 1. The summed E-state index contributed by atoms with van der Waals surface area (Å²) in [4.78, 5) is 11.9. The van der Waals surface area contributed by atoms with E-state index in [2.05, 4.69) is 5.32 Å². The molecule has 25 heavy (non-hydrogen) atoms. The number of benzene rings is 2. The summed E-state index contributed by atoms with van der Waals surface area (Å²) in [5.74, 6) is 0.802. The molecule has 0 atom stereocenters. The van der Waals surface area contributed by atoms with Crippen molar-refractivity contribution < 1.29 is 22.7 Å². The molecule has 2 rings (SSSR count). The van der Waals surface area contributed by atoms with Gasteiger partial charge in [0, 0.05) is 6.54 Å². The lowest BCUT2D eigenvalue weighted by Crippen LogP contribution is -2.30. The molecule has 8 heteroatoms. The number of methoxy groups -OCH3 is 1. The zero-order chi connectivity index (χ0) is 18.3. The van der Waals surface area contributed by atoms with Gasteiger partial charge in [-0.15, -0.1) is 0 Å². The third-order valence-corrected chi connectivity index (χ3v) is 4.34. The van der Waals surface area contributed by atoms with E-state index in [1.165, 1.54) is 19.2 Å². The van der Waals surface area contributed by atoms with Gasteiger partial charge in [-0.25, -0.2) is 13.6 Å². The molecule has 0 spiro atoms. The SMILES string of the molecule is COc1ccccc1OCC(=O)NCCc1ccc(S(N)(=O)=O)cc1. The second-order valence-electron chi connectivity index (χ2n) is 5.23. The standard InChI is InChI=1S/C17H20N2O5S/c1-23-15-4-2-3-5-16(15)24-12-17(20)19-11-10-13-6-8-14(9-7-13)25(18,21)22/h2-9H,10-12H2,1H3,(H,19,20)(H2,18,21,22). The number of carbonyl (C=O) groups excluding carboxylic acids is 1. The van der Waals surface area contributed by atoms with Gasteiger partial charge >= 0.3 is 0 Å². The highest BCUT2D eigenvalue weighted by Crippen LogP contribution is 2.25. The fraction of sp³-hybridized carbons (Fsp3) is 0.235. The third kappa shape index (κ3) is 5.77. The van der Waals surface area contributed by atoms with E-state index < -0.39 is 10.0 Å². The Hall–Kier alpha value is -2.58. The Kier molecular flexibility index (Phi) is 6.37. The smallest absolute Gasteiger partial charge is 0.257 e. The van der Waals surface area contributed by atoms with Crippen LogP contribution < -0.4 is 19.9 Å². The minimum atomic E-state index is -3.69. The largest absolute Gasteiger partial charge is 0.493 e. The molecule has 0 aromatic heterocycles. The Labute approximate surface area is 146 Å². The molecule has 134 valence electrons. The molecule has 0 saturated heterocycles. The van der Waals surface area contributed by atoms with Crippen LogP contribution in [-0.4, -0.2) is 34.6 Å². The Morgan fingerprint density at radius 3 is 2.32 bits per heavy atom. The van der Waals surface area contributed by atoms with Gasteiger partial charge in [0.05, 0.1) is 12.0 Å². The van der Waals surface area contributed by atoms with Gasteiger partial charge in [0.15, 0.2) is 18.1 Å². The van der Waals surface area contributed by atoms with E-state index in [-0.39, 0.29) is 17.4 Å². The number of nitrogens with two attached hydrogens (primary N) is 1. The number of nitrogens with one attached hydrogen (secondary N) is 1. The van der Waals surface area contributed by atoms with Crippen LogP contribution in [0.15, 0.2) is 53.4 Å². The van der Waals surface area contributed by atoms with E-state index in [1.54, 1.807) is 30.3 Å². The summed E-state index contributed by atoms with van der Waals surface area (Å²) in [5.41, 5.74) is 0.887. The molecule has 2 aromatic rings. The number of hydrogen-bond donors (Lipinski definition) is 2. The van der Waals surface area contributed by atoms with Gasteiger partial charge in [0.1, 0.15) is 0 Å². The summed E-state index contributed by atoms with van der Waals surface area (Å²) in [6.07, 6.45) is 0.561. The second-order valence-corrected chi connectivity index (χ2v) is 6.79. The van der Waals surface area contributed by atoms with Crippen molar-refractivity contribution in [2.24, 2.45) is 5.14 Å². The summed E-state index contributed by atoms with van der Waals surface area (Å²) >= 11 is 0. The number of para-hydroxylation sites is 2. The maximum absolute atomic E-state index is 11.8. The molecule has 7 nitrogen and oxygen atoms in total. The number of carbonyl (C=O) groups is 1. The lowest BCUT2D eigenvalue weighted by atomic mass is 10.1. The molecule has 0 heterocycles. The first kappa shape index (κ1) is 18.8. The van der Waals surface area contributed by atoms with Crippen LogP contribution in [0.1, 0.15) is 5.56 Å². The van der Waals surface area contributed by atoms with Gasteiger partial charge in [-0.05, 0) is 36.2 Å². The molecule has 0 fully saturated rings. The van der Waals surface area contributed by atoms with E-state index in [0.717, 1.165) is 5.56 Å². The van der Waals surface area contributed by atoms with E-state index in [4.69, 9.17) is 14.6 Å². The van der Waals surface area contributed by atoms with Crippen molar-refractivity contribution in [3.63, 3.8) is 0 Å². The van der Waals surface area contributed by atoms with E-state index >= 15 is 0 Å². The molecule has 0 saturated carbocycles. The quantitative estimate of drug-likeness (QED) is 0.729. The highest BCUT2D eigenvalue weighted by atomic mass is 32.2. The first-order chi connectivity index (χ1) is 11.9. The molecule has 0 aliphatic rings. The average molecular weight is 364 g/mol. The van der Waals surface area contributed by atoms with Crippen LogP contribution in [0, 0.1) is 0 Å². The van der Waals surface area contributed by atoms with Gasteiger partial charge in [-0.3, -0.25) is 4.79 Å². The Bertz CT molecular complexity index is 819. The number of hydrogen-bond acceptors (Lipinski definition) is 5. The highest BCUT2D eigenvalue weighted by Gasteiger charge is 2.08. The maximum Gasteiger partial charge on any atom is 0.257 e. The predicted molar refractivity (Wildman–Crippen MR) is 93.0 cm³/mol. The van der Waals surface area contributed by atoms with Crippen molar-refractivity contribution in [2.75, 3.05) is 20.3 Å². The first-order valence-corrected chi connectivity index (χ1v) is 9.09. The molecular formula is C17H20N2O5S. The summed E-state index contributed by atoms with van der Waals surface area (Å²) in [7, 11) is -2.16. The van der Waals surface area contributed by atoms with Crippen LogP contribution in [0.5, 0.6) is 11.5 Å². The average Bonchev–Trinajstić information content (AvgIpc) is 2.60. The van der Waals surface area contributed by atoms with E-state index in [0.29, 0.717) is 24.5 Å². The van der Waals surface area contributed by atoms with Gasteiger partial charge in [0.2, 0.25) is 10.0 Å². The lowest BCUT2D eigenvalue weighted by molar-refractivity contribution is -0.123. The molecule has 3 N–H and O–H groups in total. The predicted octanol–water partition coefficient (Wildman–Crippen LogP) is 1.08. The van der Waals surface area contributed by atoms with Gasteiger partial charge in [0.25, 0.3) is 5.91 Å². The topological polar surface area (TPSA) is 108 Å². The van der Waals surface area contributed by atoms with Crippen LogP contribution in [0.4, 0.5) is 0 Å². The van der Waals surface area contributed by atoms with Crippen molar-refractivity contribution in [1.29, 1.82) is 0 Å². The fourth-order valence-corrected chi connectivity index (χ4v) is 2.64. The third-order valence-electron chi connectivity index (χ3n) is 3.42. The van der Waals surface area contributed by atoms with Gasteiger partial charge in [-0.2, -0.15) is 0 Å². The molecule has 0 aliphatic carbocycles. The molecule has 1 amide bonds. The van der Waals surface area contributed by atoms with Crippen molar-refractivity contribution in [2.45, 2.75) is 11.3 Å². The second kappa shape index (κ2) is 8.50. The number of primary sulfonamides is 1. The van der Waals surface area contributed by atoms with Crippen LogP contribution in [-0.2, 0) is 21.2 Å². The Morgan fingerprint density at radius 1 is 1.08 bits per heavy atom. The lowest BCUT2D eigenvalue weighted by Gasteiger charge is -2.10. The fourth-order valence-electron chi connectivity index (χ4n) is 2.12. The number of rotatable bonds is 8. The number of sulfonamides is 1. The molecule has 0 radical (unpaired) electrons. The number of ether oxygens (including phenoxy) is 2. The van der Waals surface area contributed by atoms with Crippen LogP contribution >= 0.6 is 0 Å². The highest BCUT2D eigenvalue weighted by molar-refractivity contribution is 7.89. The van der Waals surface area contributed by atoms with Crippen molar-refractivity contribution >= 4 is 15.9 Å². The molecule has 0 bridgehead atoms. The summed E-state index contributed by atoms with van der Waals surface area (Å²) < 4.78 is 32.9. The molecule has 0 unspecified atom stereocenters.